The van der Waals surface area contributed by atoms with Gasteiger partial charge < -0.3 is 15.2 Å². The number of hydrogen-bond donors (Lipinski definition) is 3. The molecule has 10 nitrogen and oxygen atoms in total. The van der Waals surface area contributed by atoms with Crippen molar-refractivity contribution in [3.8, 4) is 0 Å². The number of benzene rings is 2. The number of nitrogens with zero attached hydrogens (tertiary/aromatic N) is 5. The maximum absolute atomic E-state index is 12.8. The molecule has 10 heteroatoms. The molecule has 5 aromatic rings. The molecule has 1 amide bonds. The van der Waals surface area contributed by atoms with Crippen molar-refractivity contribution in [3.63, 3.8) is 0 Å². The van der Waals surface area contributed by atoms with Gasteiger partial charge in [0.15, 0.2) is 5.65 Å². The molecule has 1 atom stereocenters. The van der Waals surface area contributed by atoms with Gasteiger partial charge in [0.05, 0.1) is 22.6 Å². The molecule has 176 valence electrons. The van der Waals surface area contributed by atoms with E-state index in [4.69, 9.17) is 0 Å². The molecule has 1 unspecified atom stereocenters. The topological polar surface area (TPSA) is 125 Å². The van der Waals surface area contributed by atoms with Crippen LogP contribution >= 0.6 is 0 Å². The first kappa shape index (κ1) is 21.1. The van der Waals surface area contributed by atoms with Gasteiger partial charge in [-0.3, -0.25) is 14.5 Å². The number of H-pyrrole nitrogens is 2. The molecule has 0 aliphatic carbocycles. The highest BCUT2D eigenvalue weighted by Crippen LogP contribution is 2.42. The van der Waals surface area contributed by atoms with E-state index in [1.165, 1.54) is 5.56 Å². The van der Waals surface area contributed by atoms with Gasteiger partial charge in [0.1, 0.15) is 12.1 Å². The van der Waals surface area contributed by atoms with E-state index in [1.54, 1.807) is 29.2 Å². The second-order valence-electron chi connectivity index (χ2n) is 8.65. The first-order valence-corrected chi connectivity index (χ1v) is 11.7. The Labute approximate surface area is 200 Å². The van der Waals surface area contributed by atoms with Gasteiger partial charge in [-0.1, -0.05) is 18.2 Å². The molecule has 1 aliphatic rings. The van der Waals surface area contributed by atoms with Crippen LogP contribution in [0.3, 0.4) is 0 Å². The molecule has 4 heterocycles. The Morgan fingerprint density at radius 2 is 2.09 bits per heavy atom. The summed E-state index contributed by atoms with van der Waals surface area (Å²) in [6, 6.07) is 13.6. The molecule has 2 aromatic carbocycles. The lowest BCUT2D eigenvalue weighted by Gasteiger charge is -2.19. The molecule has 6 rings (SSSR count). The number of fused-ring (bicyclic) bond motifs is 3. The number of rotatable bonds is 6. The van der Waals surface area contributed by atoms with Crippen LogP contribution in [0.1, 0.15) is 35.2 Å². The van der Waals surface area contributed by atoms with Crippen LogP contribution in [0.4, 0.5) is 11.5 Å². The average Bonchev–Trinajstić information content (AvgIpc) is 3.58. The fourth-order valence-electron chi connectivity index (χ4n) is 4.99. The van der Waals surface area contributed by atoms with Crippen molar-refractivity contribution >= 4 is 39.5 Å². The second kappa shape index (κ2) is 8.39. The zero-order valence-electron chi connectivity index (χ0n) is 19.2. The Hall–Kier alpha value is -4.47. The molecule has 0 bridgehead atoms. The van der Waals surface area contributed by atoms with Gasteiger partial charge in [-0.2, -0.15) is 5.10 Å². The van der Waals surface area contributed by atoms with Crippen LogP contribution in [0.2, 0.25) is 0 Å². The maximum Gasteiger partial charge on any atom is 0.326 e. The predicted molar refractivity (Wildman–Crippen MR) is 133 cm³/mol. The summed E-state index contributed by atoms with van der Waals surface area (Å²) >= 11 is 0. The largest absolute Gasteiger partial charge is 0.352 e. The van der Waals surface area contributed by atoms with Crippen LogP contribution < -0.4 is 15.9 Å². The highest BCUT2D eigenvalue weighted by atomic mass is 16.2. The molecular formula is C25H24N8O2. The van der Waals surface area contributed by atoms with E-state index >= 15 is 0 Å². The minimum atomic E-state index is -0.166. The molecule has 0 fully saturated rings. The van der Waals surface area contributed by atoms with E-state index in [9.17, 15) is 9.59 Å². The predicted octanol–water partition coefficient (Wildman–Crippen LogP) is 3.07. The normalized spacial score (nSPS) is 15.1. The summed E-state index contributed by atoms with van der Waals surface area (Å²) in [5, 5.41) is 10.9. The SMILES string of the molecule is CCn1c(=O)[nH]c2cc(C(=O)NCCC3CN(c4ncnc5[nH]ncc45)c4ccccc43)ccc21. The number of aromatic amines is 2. The van der Waals surface area contributed by atoms with Crippen LogP contribution in [-0.2, 0) is 6.54 Å². The molecule has 35 heavy (non-hydrogen) atoms. The fraction of sp³-hybridized carbons (Fsp3) is 0.240. The van der Waals surface area contributed by atoms with Crippen LogP contribution in [0.5, 0.6) is 0 Å². The van der Waals surface area contributed by atoms with Gasteiger partial charge in [-0.15, -0.1) is 0 Å². The van der Waals surface area contributed by atoms with E-state index in [2.05, 4.69) is 47.5 Å². The fourth-order valence-corrected chi connectivity index (χ4v) is 4.99. The lowest BCUT2D eigenvalue weighted by Crippen LogP contribution is -2.26. The third-order valence-corrected chi connectivity index (χ3v) is 6.68. The Bertz CT molecular complexity index is 1610. The zero-order valence-corrected chi connectivity index (χ0v) is 19.2. The summed E-state index contributed by atoms with van der Waals surface area (Å²) in [5.74, 6) is 0.904. The summed E-state index contributed by atoms with van der Waals surface area (Å²) in [4.78, 5) is 38.7. The summed E-state index contributed by atoms with van der Waals surface area (Å²) in [6.45, 7) is 3.77. The molecule has 3 aromatic heterocycles. The third-order valence-electron chi connectivity index (χ3n) is 6.68. The number of hydrogen-bond acceptors (Lipinski definition) is 6. The minimum Gasteiger partial charge on any atom is -0.352 e. The summed E-state index contributed by atoms with van der Waals surface area (Å²) < 4.78 is 1.65. The summed E-state index contributed by atoms with van der Waals surface area (Å²) in [7, 11) is 0. The number of amides is 1. The smallest absolute Gasteiger partial charge is 0.326 e. The highest BCUT2D eigenvalue weighted by molar-refractivity contribution is 5.97. The molecule has 1 aliphatic heterocycles. The van der Waals surface area contributed by atoms with Crippen LogP contribution in [0, 0.1) is 0 Å². The molecule has 0 saturated carbocycles. The lowest BCUT2D eigenvalue weighted by atomic mass is 9.98. The number of nitrogens with one attached hydrogen (secondary N) is 3. The number of imidazole rings is 1. The third kappa shape index (κ3) is 3.54. The monoisotopic (exact) mass is 468 g/mol. The number of carbonyl (C=O) groups is 1. The van der Waals surface area contributed by atoms with Crippen molar-refractivity contribution in [1.29, 1.82) is 0 Å². The number of para-hydroxylation sites is 1. The Kier molecular flexibility index (Phi) is 5.05. The zero-order chi connectivity index (χ0) is 23.9. The van der Waals surface area contributed by atoms with E-state index in [-0.39, 0.29) is 17.5 Å². The van der Waals surface area contributed by atoms with Gasteiger partial charge in [0.2, 0.25) is 0 Å². The highest BCUT2D eigenvalue weighted by Gasteiger charge is 2.31. The van der Waals surface area contributed by atoms with E-state index < -0.39 is 0 Å². The van der Waals surface area contributed by atoms with Gasteiger partial charge in [-0.05, 0) is 43.2 Å². The number of aryl methyl sites for hydroxylation is 1. The first-order valence-electron chi connectivity index (χ1n) is 11.7. The van der Waals surface area contributed by atoms with Crippen molar-refractivity contribution < 1.29 is 4.79 Å². The quantitative estimate of drug-likeness (QED) is 0.352. The Morgan fingerprint density at radius 1 is 1.20 bits per heavy atom. The van der Waals surface area contributed by atoms with Gasteiger partial charge in [0.25, 0.3) is 5.91 Å². The lowest BCUT2D eigenvalue weighted by molar-refractivity contribution is 0.0952. The summed E-state index contributed by atoms with van der Waals surface area (Å²) in [6.07, 6.45) is 4.08. The summed E-state index contributed by atoms with van der Waals surface area (Å²) in [5.41, 5.74) is 4.88. The maximum atomic E-state index is 12.8. The Balaban J connectivity index is 1.18. The minimum absolute atomic E-state index is 0.156. The average molecular weight is 469 g/mol. The standard InChI is InChI=1S/C25H24N8O2/c1-2-32-21-8-7-15(11-19(21)30-25(32)35)24(34)26-10-9-16-13-33(20-6-4-3-5-17(16)20)23-18-12-29-31-22(18)27-14-28-23/h3-8,11-12,14,16H,2,9-10,13H2,1H3,(H,26,34)(H,30,35)(H,27,28,29,31). The molecule has 0 radical (unpaired) electrons. The van der Waals surface area contributed by atoms with Gasteiger partial charge in [-0.25, -0.2) is 14.8 Å². The van der Waals surface area contributed by atoms with Gasteiger partial charge >= 0.3 is 5.69 Å². The van der Waals surface area contributed by atoms with Gasteiger partial charge in [0, 0.05) is 36.8 Å². The number of aromatic nitrogens is 6. The van der Waals surface area contributed by atoms with Crippen molar-refractivity contribution in [2.75, 3.05) is 18.0 Å². The molecule has 0 saturated heterocycles. The first-order chi connectivity index (χ1) is 17.1. The van der Waals surface area contributed by atoms with Crippen LogP contribution in [0.25, 0.3) is 22.1 Å². The van der Waals surface area contributed by atoms with Crippen LogP contribution in [0.15, 0.2) is 59.8 Å². The second-order valence-corrected chi connectivity index (χ2v) is 8.65. The molecule has 3 N–H and O–H groups in total. The van der Waals surface area contributed by atoms with Crippen LogP contribution in [-0.4, -0.2) is 48.7 Å². The van der Waals surface area contributed by atoms with Crippen molar-refractivity contribution in [2.24, 2.45) is 0 Å². The molecule has 0 spiro atoms. The Morgan fingerprint density at radius 3 is 2.97 bits per heavy atom. The van der Waals surface area contributed by atoms with E-state index in [0.29, 0.717) is 29.8 Å². The van der Waals surface area contributed by atoms with E-state index in [0.717, 1.165) is 35.4 Å². The van der Waals surface area contributed by atoms with E-state index in [1.807, 2.05) is 25.1 Å². The molecular weight excluding hydrogens is 444 g/mol. The van der Waals surface area contributed by atoms with Crippen molar-refractivity contribution in [1.82, 2.24) is 35.0 Å². The van der Waals surface area contributed by atoms with Crippen molar-refractivity contribution in [3.05, 3.63) is 76.6 Å². The number of carbonyl (C=O) groups excluding carboxylic acids is 1. The van der Waals surface area contributed by atoms with Crippen molar-refractivity contribution in [2.45, 2.75) is 25.8 Å². The number of anilines is 2.